The molecule has 25 heavy (non-hydrogen) atoms. The summed E-state index contributed by atoms with van der Waals surface area (Å²) < 4.78 is 16.2. The standard InChI is InChI=1S/C19H19NO5/c21-15-5-1-4-14-13(15)3-2-6-16(14)23-10-19(22)20-12-7-8-17-18(9-12)25-11-24-17/h2-3,6-9,15,21H,1,4-5,10-11H2,(H,20,22)/t15-/m1/s1. The lowest BCUT2D eigenvalue weighted by atomic mass is 9.89. The maximum Gasteiger partial charge on any atom is 0.262 e. The number of ether oxygens (including phenoxy) is 3. The summed E-state index contributed by atoms with van der Waals surface area (Å²) in [6.45, 7) is 0.0990. The van der Waals surface area contributed by atoms with Crippen molar-refractivity contribution < 1.29 is 24.1 Å². The van der Waals surface area contributed by atoms with E-state index in [0.717, 1.165) is 30.4 Å². The zero-order chi connectivity index (χ0) is 17.2. The van der Waals surface area contributed by atoms with Gasteiger partial charge in [0.1, 0.15) is 5.75 Å². The number of benzene rings is 2. The number of rotatable bonds is 4. The number of hydrogen-bond donors (Lipinski definition) is 2. The Morgan fingerprint density at radius 3 is 3.04 bits per heavy atom. The summed E-state index contributed by atoms with van der Waals surface area (Å²) in [7, 11) is 0. The fraction of sp³-hybridized carbons (Fsp3) is 0.316. The summed E-state index contributed by atoms with van der Waals surface area (Å²) >= 11 is 0. The average molecular weight is 341 g/mol. The molecule has 1 aliphatic carbocycles. The number of fused-ring (bicyclic) bond motifs is 2. The quantitative estimate of drug-likeness (QED) is 0.894. The summed E-state index contributed by atoms with van der Waals surface area (Å²) in [4.78, 5) is 12.2. The van der Waals surface area contributed by atoms with Gasteiger partial charge in [-0.05, 0) is 48.6 Å². The second-order valence-electron chi connectivity index (χ2n) is 6.14. The Bertz CT molecular complexity index is 804. The predicted molar refractivity (Wildman–Crippen MR) is 91.0 cm³/mol. The Morgan fingerprint density at radius 1 is 1.24 bits per heavy atom. The number of carbonyl (C=O) groups excluding carboxylic acids is 1. The summed E-state index contributed by atoms with van der Waals surface area (Å²) in [5.41, 5.74) is 2.53. The predicted octanol–water partition coefficient (Wildman–Crippen LogP) is 2.80. The fourth-order valence-corrected chi connectivity index (χ4v) is 3.24. The van der Waals surface area contributed by atoms with E-state index in [1.54, 1.807) is 18.2 Å². The molecule has 2 aromatic carbocycles. The van der Waals surface area contributed by atoms with E-state index in [1.165, 1.54) is 0 Å². The monoisotopic (exact) mass is 341 g/mol. The minimum atomic E-state index is -0.449. The zero-order valence-corrected chi connectivity index (χ0v) is 13.7. The van der Waals surface area contributed by atoms with Crippen molar-refractivity contribution in [2.75, 3.05) is 18.7 Å². The van der Waals surface area contributed by atoms with Crippen molar-refractivity contribution in [2.24, 2.45) is 0 Å². The smallest absolute Gasteiger partial charge is 0.262 e. The van der Waals surface area contributed by atoms with Gasteiger partial charge >= 0.3 is 0 Å². The highest BCUT2D eigenvalue weighted by molar-refractivity contribution is 5.92. The first-order valence-electron chi connectivity index (χ1n) is 8.33. The van der Waals surface area contributed by atoms with Crippen molar-refractivity contribution in [3.05, 3.63) is 47.5 Å². The van der Waals surface area contributed by atoms with Crippen molar-refractivity contribution in [1.82, 2.24) is 0 Å². The van der Waals surface area contributed by atoms with Crippen molar-refractivity contribution in [2.45, 2.75) is 25.4 Å². The van der Waals surface area contributed by atoms with Gasteiger partial charge in [0.05, 0.1) is 6.10 Å². The van der Waals surface area contributed by atoms with Crippen LogP contribution < -0.4 is 19.5 Å². The SMILES string of the molecule is O=C(COc1cccc2c1CCC[C@H]2O)Nc1ccc2c(c1)OCO2. The molecular formula is C19H19NO5. The van der Waals surface area contributed by atoms with Crippen LogP contribution in [0.4, 0.5) is 5.69 Å². The maximum atomic E-state index is 12.2. The number of anilines is 1. The molecule has 0 spiro atoms. The lowest BCUT2D eigenvalue weighted by Crippen LogP contribution is -2.21. The number of aliphatic hydroxyl groups excluding tert-OH is 1. The molecule has 0 saturated carbocycles. The van der Waals surface area contributed by atoms with Crippen LogP contribution in [0, 0.1) is 0 Å². The van der Waals surface area contributed by atoms with Crippen LogP contribution in [-0.2, 0) is 11.2 Å². The molecule has 0 fully saturated rings. The van der Waals surface area contributed by atoms with Gasteiger partial charge in [0, 0.05) is 11.8 Å². The second-order valence-corrected chi connectivity index (χ2v) is 6.14. The van der Waals surface area contributed by atoms with Crippen LogP contribution in [0.3, 0.4) is 0 Å². The first-order chi connectivity index (χ1) is 12.2. The Hall–Kier alpha value is -2.73. The van der Waals surface area contributed by atoms with Crippen LogP contribution in [-0.4, -0.2) is 24.4 Å². The molecule has 1 amide bonds. The molecule has 2 aromatic rings. The van der Waals surface area contributed by atoms with Gasteiger partial charge in [-0.2, -0.15) is 0 Å². The molecule has 1 heterocycles. The molecule has 2 aliphatic rings. The van der Waals surface area contributed by atoms with Crippen LogP contribution in [0.1, 0.15) is 30.1 Å². The third-order valence-corrected chi connectivity index (χ3v) is 4.45. The van der Waals surface area contributed by atoms with Gasteiger partial charge in [0.25, 0.3) is 5.91 Å². The molecular weight excluding hydrogens is 322 g/mol. The van der Waals surface area contributed by atoms with Crippen molar-refractivity contribution in [3.63, 3.8) is 0 Å². The topological polar surface area (TPSA) is 77.0 Å². The number of aliphatic hydroxyl groups is 1. The average Bonchev–Trinajstić information content (AvgIpc) is 3.08. The maximum absolute atomic E-state index is 12.2. The molecule has 0 bridgehead atoms. The summed E-state index contributed by atoms with van der Waals surface area (Å²) in [6, 6.07) is 10.8. The molecule has 6 nitrogen and oxygen atoms in total. The van der Waals surface area contributed by atoms with E-state index in [1.807, 2.05) is 18.2 Å². The lowest BCUT2D eigenvalue weighted by Gasteiger charge is -2.23. The first kappa shape index (κ1) is 15.8. The van der Waals surface area contributed by atoms with Crippen molar-refractivity contribution in [1.29, 1.82) is 0 Å². The highest BCUT2D eigenvalue weighted by atomic mass is 16.7. The second kappa shape index (κ2) is 6.64. The molecule has 1 atom stereocenters. The van der Waals surface area contributed by atoms with E-state index < -0.39 is 6.10 Å². The van der Waals surface area contributed by atoms with Gasteiger partial charge < -0.3 is 24.6 Å². The summed E-state index contributed by atoms with van der Waals surface area (Å²) in [6.07, 6.45) is 2.08. The Balaban J connectivity index is 1.40. The number of amides is 1. The third kappa shape index (κ3) is 3.25. The van der Waals surface area contributed by atoms with Gasteiger partial charge in [-0.15, -0.1) is 0 Å². The van der Waals surface area contributed by atoms with Crippen LogP contribution >= 0.6 is 0 Å². The molecule has 4 rings (SSSR count). The molecule has 0 aromatic heterocycles. The number of carbonyl (C=O) groups is 1. The zero-order valence-electron chi connectivity index (χ0n) is 13.7. The largest absolute Gasteiger partial charge is 0.483 e. The molecule has 1 aliphatic heterocycles. The normalized spacial score (nSPS) is 17.7. The number of nitrogens with one attached hydrogen (secondary N) is 1. The highest BCUT2D eigenvalue weighted by Crippen LogP contribution is 2.36. The van der Waals surface area contributed by atoms with Gasteiger partial charge in [0.15, 0.2) is 18.1 Å². The van der Waals surface area contributed by atoms with Crippen LogP contribution in [0.25, 0.3) is 0 Å². The molecule has 130 valence electrons. The Kier molecular flexibility index (Phi) is 4.19. The van der Waals surface area contributed by atoms with Gasteiger partial charge in [-0.25, -0.2) is 0 Å². The first-order valence-corrected chi connectivity index (χ1v) is 8.33. The summed E-state index contributed by atoms with van der Waals surface area (Å²) in [5, 5.41) is 12.9. The van der Waals surface area contributed by atoms with Crippen molar-refractivity contribution in [3.8, 4) is 17.2 Å². The van der Waals surface area contributed by atoms with E-state index in [-0.39, 0.29) is 19.3 Å². The van der Waals surface area contributed by atoms with Gasteiger partial charge in [-0.3, -0.25) is 4.79 Å². The van der Waals surface area contributed by atoms with E-state index in [4.69, 9.17) is 14.2 Å². The van der Waals surface area contributed by atoms with Crippen molar-refractivity contribution >= 4 is 11.6 Å². The third-order valence-electron chi connectivity index (χ3n) is 4.45. The van der Waals surface area contributed by atoms with E-state index in [0.29, 0.717) is 22.9 Å². The lowest BCUT2D eigenvalue weighted by molar-refractivity contribution is -0.118. The van der Waals surface area contributed by atoms with E-state index >= 15 is 0 Å². The highest BCUT2D eigenvalue weighted by Gasteiger charge is 2.21. The molecule has 6 heteroatoms. The van der Waals surface area contributed by atoms with Gasteiger partial charge in [-0.1, -0.05) is 12.1 Å². The molecule has 0 unspecified atom stereocenters. The fourth-order valence-electron chi connectivity index (χ4n) is 3.24. The van der Waals surface area contributed by atoms with Crippen LogP contribution in [0.2, 0.25) is 0 Å². The van der Waals surface area contributed by atoms with Crippen LogP contribution in [0.15, 0.2) is 36.4 Å². The minimum absolute atomic E-state index is 0.0962. The van der Waals surface area contributed by atoms with E-state index in [2.05, 4.69) is 5.32 Å². The minimum Gasteiger partial charge on any atom is -0.483 e. The van der Waals surface area contributed by atoms with Gasteiger partial charge in [0.2, 0.25) is 6.79 Å². The van der Waals surface area contributed by atoms with E-state index in [9.17, 15) is 9.90 Å². The molecule has 0 saturated heterocycles. The molecule has 2 N–H and O–H groups in total. The Morgan fingerprint density at radius 2 is 2.12 bits per heavy atom. The summed E-state index contributed by atoms with van der Waals surface area (Å²) in [5.74, 6) is 1.69. The Labute approximate surface area is 145 Å². The molecule has 0 radical (unpaired) electrons. The number of hydrogen-bond acceptors (Lipinski definition) is 5. The van der Waals surface area contributed by atoms with Crippen LogP contribution in [0.5, 0.6) is 17.2 Å².